The van der Waals surface area contributed by atoms with Crippen molar-refractivity contribution >= 4 is 24.3 Å². The summed E-state index contributed by atoms with van der Waals surface area (Å²) in [5.41, 5.74) is 9.70. The molecule has 0 heterocycles. The van der Waals surface area contributed by atoms with Crippen LogP contribution in [0.3, 0.4) is 0 Å². The van der Waals surface area contributed by atoms with E-state index in [9.17, 15) is 0 Å². The van der Waals surface area contributed by atoms with Gasteiger partial charge >= 0.3 is 0 Å². The second kappa shape index (κ2) is 5.27. The first-order valence-corrected chi connectivity index (χ1v) is 3.31. The smallest absolute Gasteiger partial charge is 0.196 e. The summed E-state index contributed by atoms with van der Waals surface area (Å²) < 4.78 is 0. The van der Waals surface area contributed by atoms with Crippen molar-refractivity contribution in [3.8, 4) is 12.3 Å². The molecular formula is C7H14ClN5. The minimum Gasteiger partial charge on any atom is -0.370 e. The van der Waals surface area contributed by atoms with Gasteiger partial charge in [-0.2, -0.15) is 0 Å². The molecule has 5 nitrogen and oxygen atoms in total. The largest absolute Gasteiger partial charge is 0.370 e. The lowest BCUT2D eigenvalue weighted by Gasteiger charge is -2.12. The number of nitrogens with zero attached hydrogens (tertiary/aromatic N) is 1. The summed E-state index contributed by atoms with van der Waals surface area (Å²) in [6.07, 6.45) is 5.16. The number of rotatable bonds is 1. The van der Waals surface area contributed by atoms with Crippen molar-refractivity contribution in [1.82, 2.24) is 5.32 Å². The van der Waals surface area contributed by atoms with Crippen molar-refractivity contribution in [2.75, 3.05) is 0 Å². The molecule has 0 aromatic carbocycles. The normalized spacial score (nSPS) is 11.0. The Bertz CT molecular complexity index is 250. The Hall–Kier alpha value is -1.41. The van der Waals surface area contributed by atoms with Gasteiger partial charge in [-0.3, -0.25) is 10.7 Å². The maximum absolute atomic E-state index is 6.84. The van der Waals surface area contributed by atoms with E-state index in [1.165, 1.54) is 0 Å². The van der Waals surface area contributed by atoms with Gasteiger partial charge in [0, 0.05) is 0 Å². The molecule has 13 heavy (non-hydrogen) atoms. The Balaban J connectivity index is 0. The summed E-state index contributed by atoms with van der Waals surface area (Å²) in [5.74, 6) is 2.21. The van der Waals surface area contributed by atoms with Crippen LogP contribution in [0.5, 0.6) is 0 Å². The van der Waals surface area contributed by atoms with Gasteiger partial charge in [-0.25, -0.2) is 4.99 Å². The van der Waals surface area contributed by atoms with E-state index in [0.717, 1.165) is 0 Å². The Morgan fingerprint density at radius 3 is 2.31 bits per heavy atom. The maximum atomic E-state index is 6.84. The minimum absolute atomic E-state index is 0. The van der Waals surface area contributed by atoms with Gasteiger partial charge in [0.2, 0.25) is 0 Å². The van der Waals surface area contributed by atoms with Crippen LogP contribution in [-0.4, -0.2) is 17.5 Å². The van der Waals surface area contributed by atoms with Crippen molar-refractivity contribution in [3.05, 3.63) is 0 Å². The molecule has 0 spiro atoms. The summed E-state index contributed by atoms with van der Waals surface area (Å²) in [6.45, 7) is 3.45. The summed E-state index contributed by atoms with van der Waals surface area (Å²) in [6, 6.07) is 0. The van der Waals surface area contributed by atoms with E-state index in [1.54, 1.807) is 13.8 Å². The third kappa shape index (κ3) is 6.97. The average molecular weight is 204 g/mol. The zero-order chi connectivity index (χ0) is 9.78. The number of aliphatic imine (C=N–C) groups is 1. The molecule has 0 radical (unpaired) electrons. The van der Waals surface area contributed by atoms with Crippen LogP contribution in [0.4, 0.5) is 0 Å². The number of halogens is 1. The number of nitrogens with one attached hydrogen (secondary N) is 2. The summed E-state index contributed by atoms with van der Waals surface area (Å²) in [5, 5.41) is 9.17. The van der Waals surface area contributed by atoms with E-state index in [0.29, 0.717) is 0 Å². The van der Waals surface area contributed by atoms with E-state index in [1.807, 2.05) is 0 Å². The number of guanidine groups is 2. The second-order valence-electron chi connectivity index (χ2n) is 2.74. The van der Waals surface area contributed by atoms with Gasteiger partial charge in [0.1, 0.15) is 5.54 Å². The quantitative estimate of drug-likeness (QED) is 0.266. The lowest BCUT2D eigenvalue weighted by molar-refractivity contribution is 0.680. The molecule has 6 heteroatoms. The van der Waals surface area contributed by atoms with E-state index in [-0.39, 0.29) is 24.3 Å². The fourth-order valence-electron chi connectivity index (χ4n) is 0.499. The van der Waals surface area contributed by atoms with Crippen LogP contribution in [0.15, 0.2) is 4.99 Å². The lowest BCUT2D eigenvalue weighted by Crippen LogP contribution is -2.42. The number of hydrogen-bond donors (Lipinski definition) is 4. The van der Waals surface area contributed by atoms with Gasteiger partial charge in [-0.1, -0.05) is 5.92 Å². The van der Waals surface area contributed by atoms with E-state index >= 15 is 0 Å². The molecular weight excluding hydrogens is 190 g/mol. The van der Waals surface area contributed by atoms with E-state index < -0.39 is 5.54 Å². The van der Waals surface area contributed by atoms with Crippen LogP contribution in [0.2, 0.25) is 0 Å². The third-order valence-corrected chi connectivity index (χ3v) is 1.02. The summed E-state index contributed by atoms with van der Waals surface area (Å²) >= 11 is 0. The van der Waals surface area contributed by atoms with Gasteiger partial charge in [-0.05, 0) is 13.8 Å². The van der Waals surface area contributed by atoms with Crippen molar-refractivity contribution in [2.24, 2.45) is 16.5 Å². The van der Waals surface area contributed by atoms with Gasteiger partial charge < -0.3 is 11.5 Å². The molecule has 74 valence electrons. The molecule has 0 saturated heterocycles. The van der Waals surface area contributed by atoms with Crippen LogP contribution in [0.25, 0.3) is 0 Å². The Labute approximate surface area is 83.9 Å². The molecule has 0 unspecified atom stereocenters. The van der Waals surface area contributed by atoms with Crippen molar-refractivity contribution in [2.45, 2.75) is 19.4 Å². The zero-order valence-electron chi connectivity index (χ0n) is 7.59. The predicted octanol–water partition coefficient (Wildman–Crippen LogP) is -0.382. The highest BCUT2D eigenvalue weighted by molar-refractivity contribution is 5.95. The number of hydrogen-bond acceptors (Lipinski definition) is 2. The van der Waals surface area contributed by atoms with Crippen LogP contribution in [-0.2, 0) is 0 Å². The Kier molecular flexibility index (Phi) is 5.73. The van der Waals surface area contributed by atoms with Gasteiger partial charge in [0.05, 0.1) is 0 Å². The van der Waals surface area contributed by atoms with Crippen LogP contribution < -0.4 is 16.8 Å². The monoisotopic (exact) mass is 203 g/mol. The standard InChI is InChI=1S/C7H13N5.ClH/c1-4-7(2,3)12-6(10)11-5(8)9;/h1H,2-3H3,(H6,8,9,10,11,12);1H. The van der Waals surface area contributed by atoms with Crippen molar-refractivity contribution in [1.29, 1.82) is 5.41 Å². The molecule has 0 aromatic heterocycles. The Morgan fingerprint density at radius 1 is 1.54 bits per heavy atom. The molecule has 0 saturated carbocycles. The summed E-state index contributed by atoms with van der Waals surface area (Å²) in [7, 11) is 0. The molecule has 0 aliphatic carbocycles. The molecule has 6 N–H and O–H groups in total. The van der Waals surface area contributed by atoms with Crippen LogP contribution in [0, 0.1) is 17.8 Å². The second-order valence-corrected chi connectivity index (χ2v) is 2.74. The molecule has 0 aromatic rings. The highest BCUT2D eigenvalue weighted by atomic mass is 35.5. The molecule has 0 aliphatic rings. The number of nitrogens with two attached hydrogens (primary N) is 2. The minimum atomic E-state index is -0.674. The first kappa shape index (κ1) is 14.1. The Morgan fingerprint density at radius 2 is 2.00 bits per heavy atom. The highest BCUT2D eigenvalue weighted by Gasteiger charge is 2.11. The highest BCUT2D eigenvalue weighted by Crippen LogP contribution is 2.04. The van der Waals surface area contributed by atoms with Crippen molar-refractivity contribution in [3.63, 3.8) is 0 Å². The van der Waals surface area contributed by atoms with Crippen LogP contribution >= 0.6 is 12.4 Å². The molecule has 0 atom stereocenters. The first-order chi connectivity index (χ1) is 5.37. The molecule has 0 fully saturated rings. The van der Waals surface area contributed by atoms with Crippen LogP contribution in [0.1, 0.15) is 13.8 Å². The van der Waals surface area contributed by atoms with Crippen molar-refractivity contribution < 1.29 is 0 Å². The third-order valence-electron chi connectivity index (χ3n) is 1.02. The fraction of sp³-hybridized carbons (Fsp3) is 0.429. The average Bonchev–Trinajstić information content (AvgIpc) is 1.84. The topological polar surface area (TPSA) is 100 Å². The first-order valence-electron chi connectivity index (χ1n) is 3.31. The SMILES string of the molecule is C#CC(C)(C)N=C(N)NC(=N)N.Cl. The number of terminal acetylenes is 1. The molecule has 0 amide bonds. The molecule has 0 aliphatic heterocycles. The summed E-state index contributed by atoms with van der Waals surface area (Å²) in [4.78, 5) is 3.89. The zero-order valence-corrected chi connectivity index (χ0v) is 8.40. The van der Waals surface area contributed by atoms with Gasteiger partial charge in [0.25, 0.3) is 0 Å². The molecule has 0 rings (SSSR count). The van der Waals surface area contributed by atoms with Gasteiger partial charge in [-0.15, -0.1) is 18.8 Å². The van der Waals surface area contributed by atoms with Gasteiger partial charge in [0.15, 0.2) is 11.9 Å². The maximum Gasteiger partial charge on any atom is 0.196 e. The fourth-order valence-corrected chi connectivity index (χ4v) is 0.499. The molecule has 0 bridgehead atoms. The van der Waals surface area contributed by atoms with E-state index in [2.05, 4.69) is 16.2 Å². The van der Waals surface area contributed by atoms with E-state index in [4.69, 9.17) is 23.3 Å². The predicted molar refractivity (Wildman–Crippen MR) is 56.8 cm³/mol. The lowest BCUT2D eigenvalue weighted by atomic mass is 10.1.